The Balaban J connectivity index is 1.88. The molecule has 0 atom stereocenters. The Hall–Kier alpha value is -1.36. The van der Waals surface area contributed by atoms with Gasteiger partial charge in [0.15, 0.2) is 0 Å². The van der Waals surface area contributed by atoms with Crippen molar-refractivity contribution in [1.82, 2.24) is 5.32 Å². The van der Waals surface area contributed by atoms with Crippen LogP contribution in [0.4, 0.5) is 0 Å². The summed E-state index contributed by atoms with van der Waals surface area (Å²) in [7, 11) is 0. The minimum Gasteiger partial charge on any atom is -0.366 e. The lowest BCUT2D eigenvalue weighted by Crippen LogP contribution is -2.12. The summed E-state index contributed by atoms with van der Waals surface area (Å²) in [5, 5.41) is 5.82. The van der Waals surface area contributed by atoms with Crippen molar-refractivity contribution in [3.63, 3.8) is 0 Å². The highest BCUT2D eigenvalue weighted by molar-refractivity contribution is 7.10. The predicted octanol–water partition coefficient (Wildman–Crippen LogP) is 2.79. The highest BCUT2D eigenvalue weighted by atomic mass is 35.5. The van der Waals surface area contributed by atoms with Crippen LogP contribution in [0.25, 0.3) is 0 Å². The third kappa shape index (κ3) is 3.32. The molecule has 1 amide bonds. The van der Waals surface area contributed by atoms with Gasteiger partial charge in [0.05, 0.1) is 5.56 Å². The number of primary amides is 1. The van der Waals surface area contributed by atoms with E-state index in [4.69, 9.17) is 17.3 Å². The van der Waals surface area contributed by atoms with E-state index in [9.17, 15) is 4.79 Å². The van der Waals surface area contributed by atoms with Gasteiger partial charge in [-0.3, -0.25) is 4.79 Å². The van der Waals surface area contributed by atoms with E-state index < -0.39 is 0 Å². The molecule has 0 fully saturated rings. The topological polar surface area (TPSA) is 55.1 Å². The molecule has 2 aromatic rings. The average molecular weight is 281 g/mol. The van der Waals surface area contributed by atoms with Gasteiger partial charge in [-0.15, -0.1) is 11.3 Å². The Morgan fingerprint density at radius 2 is 2.11 bits per heavy atom. The van der Waals surface area contributed by atoms with Crippen molar-refractivity contribution in [1.29, 1.82) is 0 Å². The van der Waals surface area contributed by atoms with Crippen molar-refractivity contribution >= 4 is 28.8 Å². The van der Waals surface area contributed by atoms with E-state index in [0.717, 1.165) is 15.5 Å². The molecule has 5 heteroatoms. The molecule has 3 N–H and O–H groups in total. The van der Waals surface area contributed by atoms with E-state index in [1.165, 1.54) is 11.3 Å². The summed E-state index contributed by atoms with van der Waals surface area (Å²) in [6.45, 7) is 1.40. The van der Waals surface area contributed by atoms with Crippen LogP contribution in [-0.2, 0) is 13.1 Å². The Morgan fingerprint density at radius 1 is 1.33 bits per heavy atom. The molecule has 0 bridgehead atoms. The number of benzene rings is 1. The van der Waals surface area contributed by atoms with Crippen LogP contribution >= 0.6 is 22.9 Å². The highest BCUT2D eigenvalue weighted by Gasteiger charge is 2.04. The summed E-state index contributed by atoms with van der Waals surface area (Å²) >= 11 is 7.57. The second-order valence-corrected chi connectivity index (χ2v) is 5.26. The van der Waals surface area contributed by atoms with Crippen LogP contribution in [0.3, 0.4) is 0 Å². The maximum absolute atomic E-state index is 10.9. The van der Waals surface area contributed by atoms with Gasteiger partial charge < -0.3 is 11.1 Å². The van der Waals surface area contributed by atoms with Crippen LogP contribution in [0.2, 0.25) is 5.02 Å². The van der Waals surface area contributed by atoms with Gasteiger partial charge in [0.2, 0.25) is 5.91 Å². The van der Waals surface area contributed by atoms with Gasteiger partial charge in [0.1, 0.15) is 0 Å². The van der Waals surface area contributed by atoms with Gasteiger partial charge in [0, 0.05) is 28.4 Å². The maximum Gasteiger partial charge on any atom is 0.249 e. The number of halogens is 1. The molecule has 1 aromatic heterocycles. The maximum atomic E-state index is 10.9. The monoisotopic (exact) mass is 280 g/mol. The summed E-state index contributed by atoms with van der Waals surface area (Å²) in [6, 6.07) is 9.53. The van der Waals surface area contributed by atoms with Crippen LogP contribution in [0, 0.1) is 0 Å². The van der Waals surface area contributed by atoms with Gasteiger partial charge in [0.25, 0.3) is 0 Å². The van der Waals surface area contributed by atoms with E-state index in [1.54, 1.807) is 5.38 Å². The van der Waals surface area contributed by atoms with Crippen LogP contribution in [-0.4, -0.2) is 5.91 Å². The molecule has 18 heavy (non-hydrogen) atoms. The first kappa shape index (κ1) is 13.1. The van der Waals surface area contributed by atoms with Crippen LogP contribution in [0.1, 0.15) is 20.8 Å². The first-order chi connectivity index (χ1) is 8.66. The zero-order chi connectivity index (χ0) is 13.0. The minimum atomic E-state index is -0.386. The van der Waals surface area contributed by atoms with Crippen molar-refractivity contribution in [2.75, 3.05) is 0 Å². The van der Waals surface area contributed by atoms with E-state index in [1.807, 2.05) is 30.3 Å². The quantitative estimate of drug-likeness (QED) is 0.885. The summed E-state index contributed by atoms with van der Waals surface area (Å²) in [5.41, 5.74) is 6.82. The number of rotatable bonds is 5. The van der Waals surface area contributed by atoms with Crippen molar-refractivity contribution in [3.05, 3.63) is 56.7 Å². The Kier molecular flexibility index (Phi) is 4.36. The molecule has 3 nitrogen and oxygen atoms in total. The number of thiophene rings is 1. The first-order valence-electron chi connectivity index (χ1n) is 5.48. The Bertz CT molecular complexity index is 553. The van der Waals surface area contributed by atoms with E-state index in [2.05, 4.69) is 5.32 Å². The SMILES string of the molecule is NC(=O)c1csc(CNCc2ccccc2Cl)c1. The molecule has 94 valence electrons. The molecule has 0 aliphatic heterocycles. The second kappa shape index (κ2) is 6.00. The lowest BCUT2D eigenvalue weighted by molar-refractivity contribution is 0.100. The predicted molar refractivity (Wildman–Crippen MR) is 74.8 cm³/mol. The third-order valence-electron chi connectivity index (χ3n) is 2.51. The van der Waals surface area contributed by atoms with Gasteiger partial charge in [-0.1, -0.05) is 29.8 Å². The average Bonchev–Trinajstić information content (AvgIpc) is 2.80. The smallest absolute Gasteiger partial charge is 0.249 e. The summed E-state index contributed by atoms with van der Waals surface area (Å²) in [6.07, 6.45) is 0. The fraction of sp³-hybridized carbons (Fsp3) is 0.154. The molecule has 0 saturated carbocycles. The molecular formula is C13H13ClN2OS. The lowest BCUT2D eigenvalue weighted by Gasteiger charge is -2.05. The van der Waals surface area contributed by atoms with Crippen molar-refractivity contribution in [2.45, 2.75) is 13.1 Å². The van der Waals surface area contributed by atoms with E-state index >= 15 is 0 Å². The molecule has 0 aliphatic carbocycles. The van der Waals surface area contributed by atoms with Gasteiger partial charge in [-0.2, -0.15) is 0 Å². The van der Waals surface area contributed by atoms with Crippen molar-refractivity contribution in [2.24, 2.45) is 5.73 Å². The Labute approximate surface area is 115 Å². The van der Waals surface area contributed by atoms with E-state index in [-0.39, 0.29) is 5.91 Å². The molecule has 0 radical (unpaired) electrons. The molecule has 0 unspecified atom stereocenters. The number of carbonyl (C=O) groups excluding carboxylic acids is 1. The number of nitrogens with two attached hydrogens (primary N) is 1. The van der Waals surface area contributed by atoms with Gasteiger partial charge in [-0.05, 0) is 17.7 Å². The van der Waals surface area contributed by atoms with Crippen molar-refractivity contribution < 1.29 is 4.79 Å². The number of nitrogens with one attached hydrogen (secondary N) is 1. The standard InChI is InChI=1S/C13H13ClN2OS/c14-12-4-2-1-3-9(12)6-16-7-11-5-10(8-18-11)13(15)17/h1-5,8,16H,6-7H2,(H2,15,17). The van der Waals surface area contributed by atoms with Crippen LogP contribution in [0.15, 0.2) is 35.7 Å². The highest BCUT2D eigenvalue weighted by Crippen LogP contribution is 2.16. The first-order valence-corrected chi connectivity index (χ1v) is 6.74. The molecule has 2 rings (SSSR count). The zero-order valence-electron chi connectivity index (χ0n) is 9.65. The number of amides is 1. The molecule has 0 aliphatic rings. The van der Waals surface area contributed by atoms with Crippen LogP contribution in [0.5, 0.6) is 0 Å². The molecule has 0 saturated heterocycles. The number of hydrogen-bond acceptors (Lipinski definition) is 3. The van der Waals surface area contributed by atoms with Crippen molar-refractivity contribution in [3.8, 4) is 0 Å². The zero-order valence-corrected chi connectivity index (χ0v) is 11.2. The van der Waals surface area contributed by atoms with Crippen LogP contribution < -0.4 is 11.1 Å². The fourth-order valence-corrected chi connectivity index (χ4v) is 2.61. The normalized spacial score (nSPS) is 10.5. The molecular weight excluding hydrogens is 268 g/mol. The lowest BCUT2D eigenvalue weighted by atomic mass is 10.2. The number of carbonyl (C=O) groups is 1. The summed E-state index contributed by atoms with van der Waals surface area (Å²) in [4.78, 5) is 12.0. The second-order valence-electron chi connectivity index (χ2n) is 3.86. The van der Waals surface area contributed by atoms with E-state index in [0.29, 0.717) is 18.7 Å². The fourth-order valence-electron chi connectivity index (χ4n) is 1.56. The summed E-state index contributed by atoms with van der Waals surface area (Å²) < 4.78 is 0. The summed E-state index contributed by atoms with van der Waals surface area (Å²) in [5.74, 6) is -0.386. The minimum absolute atomic E-state index is 0.386. The molecule has 1 heterocycles. The Morgan fingerprint density at radius 3 is 2.78 bits per heavy atom. The van der Waals surface area contributed by atoms with Gasteiger partial charge in [-0.25, -0.2) is 0 Å². The molecule has 1 aromatic carbocycles. The number of hydrogen-bond donors (Lipinski definition) is 2. The largest absolute Gasteiger partial charge is 0.366 e. The third-order valence-corrected chi connectivity index (χ3v) is 3.82. The molecule has 0 spiro atoms. The van der Waals surface area contributed by atoms with Gasteiger partial charge >= 0.3 is 0 Å².